The fraction of sp³-hybridized carbons (Fsp3) is 0. The molecule has 128 valence electrons. The van der Waals surface area contributed by atoms with Crippen molar-refractivity contribution in [1.82, 2.24) is 5.32 Å². The molecule has 1 fully saturated rings. The third-order valence-corrected chi connectivity index (χ3v) is 5.56. The van der Waals surface area contributed by atoms with Gasteiger partial charge in [0.05, 0.1) is 4.91 Å². The molecular weight excluding hydrogens is 385 g/mol. The molecule has 1 aliphatic rings. The van der Waals surface area contributed by atoms with E-state index in [1.165, 1.54) is 12.1 Å². The van der Waals surface area contributed by atoms with Crippen molar-refractivity contribution in [2.45, 2.75) is 4.90 Å². The van der Waals surface area contributed by atoms with E-state index < -0.39 is 15.9 Å². The van der Waals surface area contributed by atoms with Gasteiger partial charge in [0.1, 0.15) is 20.8 Å². The summed E-state index contributed by atoms with van der Waals surface area (Å²) >= 11 is 6.00. The molecule has 9 heteroatoms. The third kappa shape index (κ3) is 4.06. The zero-order valence-corrected chi connectivity index (χ0v) is 14.9. The summed E-state index contributed by atoms with van der Waals surface area (Å²) in [5.41, 5.74) is 0.399. The largest absolute Gasteiger partial charge is 0.378 e. The van der Waals surface area contributed by atoms with Gasteiger partial charge in [-0.2, -0.15) is 8.42 Å². The maximum atomic E-state index is 13.0. The van der Waals surface area contributed by atoms with Gasteiger partial charge < -0.3 is 9.50 Å². The molecule has 1 saturated heterocycles. The van der Waals surface area contributed by atoms with Gasteiger partial charge in [-0.25, -0.2) is 4.39 Å². The highest BCUT2D eigenvalue weighted by molar-refractivity contribution is 8.26. The van der Waals surface area contributed by atoms with E-state index in [0.29, 0.717) is 14.8 Å². The molecule has 0 radical (unpaired) electrons. The summed E-state index contributed by atoms with van der Waals surface area (Å²) in [4.78, 5) is 11.9. The maximum absolute atomic E-state index is 13.0. The van der Waals surface area contributed by atoms with E-state index in [1.54, 1.807) is 18.2 Å². The van der Waals surface area contributed by atoms with Crippen molar-refractivity contribution in [2.75, 3.05) is 0 Å². The number of rotatable bonds is 4. The lowest BCUT2D eigenvalue weighted by Gasteiger charge is -2.09. The first-order valence-corrected chi connectivity index (χ1v) is 9.52. The third-order valence-electron chi connectivity index (χ3n) is 3.15. The highest BCUT2D eigenvalue weighted by atomic mass is 32.2. The molecule has 0 aliphatic carbocycles. The SMILES string of the molecule is O=C1NC(=S)S/C1=C/c1ccccc1OS(=O)(=O)c1ccc(F)cc1. The summed E-state index contributed by atoms with van der Waals surface area (Å²) in [6.45, 7) is 0. The molecule has 0 aromatic heterocycles. The fourth-order valence-corrected chi connectivity index (χ4v) is 3.99. The summed E-state index contributed by atoms with van der Waals surface area (Å²) < 4.78 is 43.2. The van der Waals surface area contributed by atoms with Gasteiger partial charge in [0.15, 0.2) is 0 Å². The van der Waals surface area contributed by atoms with Crippen LogP contribution in [0.25, 0.3) is 6.08 Å². The van der Waals surface area contributed by atoms with Crippen molar-refractivity contribution in [2.24, 2.45) is 0 Å². The number of hydrogen-bond donors (Lipinski definition) is 1. The van der Waals surface area contributed by atoms with Gasteiger partial charge in [0.25, 0.3) is 5.91 Å². The number of carbonyl (C=O) groups excluding carboxylic acids is 1. The van der Waals surface area contributed by atoms with Gasteiger partial charge >= 0.3 is 10.1 Å². The Kier molecular flexibility index (Phi) is 4.89. The number of amides is 1. The molecule has 0 spiro atoms. The maximum Gasteiger partial charge on any atom is 0.339 e. The second-order valence-corrected chi connectivity index (χ2v) is 8.15. The number of thiocarbonyl (C=S) groups is 1. The van der Waals surface area contributed by atoms with Crippen molar-refractivity contribution in [3.05, 3.63) is 64.8 Å². The minimum Gasteiger partial charge on any atom is -0.378 e. The van der Waals surface area contributed by atoms with E-state index in [2.05, 4.69) is 5.32 Å². The van der Waals surface area contributed by atoms with Crippen LogP contribution in [0.5, 0.6) is 5.75 Å². The topological polar surface area (TPSA) is 72.5 Å². The molecule has 3 rings (SSSR count). The Morgan fingerprint density at radius 1 is 1.12 bits per heavy atom. The first-order chi connectivity index (χ1) is 11.8. The summed E-state index contributed by atoms with van der Waals surface area (Å²) in [7, 11) is -4.14. The molecule has 2 aromatic carbocycles. The molecule has 0 saturated carbocycles. The van der Waals surface area contributed by atoms with Gasteiger partial charge in [0, 0.05) is 5.56 Å². The second-order valence-electron chi connectivity index (χ2n) is 4.88. The standard InChI is InChI=1S/C16H10FNO4S3/c17-11-5-7-12(8-6-11)25(20,21)22-13-4-2-1-3-10(13)9-14-15(19)18-16(23)24-14/h1-9H,(H,18,19,23)/b14-9+. The Morgan fingerprint density at radius 2 is 1.80 bits per heavy atom. The van der Waals surface area contributed by atoms with Crippen LogP contribution in [0.3, 0.4) is 0 Å². The first-order valence-electron chi connectivity index (χ1n) is 6.89. The molecule has 0 unspecified atom stereocenters. The molecule has 0 atom stereocenters. The Labute approximate surface area is 153 Å². The highest BCUT2D eigenvalue weighted by Crippen LogP contribution is 2.30. The number of thioether (sulfide) groups is 1. The molecule has 1 aliphatic heterocycles. The number of halogens is 1. The smallest absolute Gasteiger partial charge is 0.339 e. The van der Waals surface area contributed by atoms with E-state index in [4.69, 9.17) is 16.4 Å². The van der Waals surface area contributed by atoms with Crippen LogP contribution in [0.4, 0.5) is 4.39 Å². The second kappa shape index (κ2) is 6.95. The highest BCUT2D eigenvalue weighted by Gasteiger charge is 2.23. The molecular formula is C16H10FNO4S3. The minimum atomic E-state index is -4.14. The van der Waals surface area contributed by atoms with Gasteiger partial charge in [-0.15, -0.1) is 0 Å². The van der Waals surface area contributed by atoms with E-state index in [9.17, 15) is 17.6 Å². The number of benzene rings is 2. The minimum absolute atomic E-state index is 0.0468. The normalized spacial score (nSPS) is 16.1. The van der Waals surface area contributed by atoms with Crippen molar-refractivity contribution < 1.29 is 21.8 Å². The molecule has 1 heterocycles. The lowest BCUT2D eigenvalue weighted by atomic mass is 10.2. The molecule has 1 N–H and O–H groups in total. The Morgan fingerprint density at radius 3 is 2.44 bits per heavy atom. The summed E-state index contributed by atoms with van der Waals surface area (Å²) in [5.74, 6) is -0.860. The first kappa shape index (κ1) is 17.6. The van der Waals surface area contributed by atoms with Crippen LogP contribution in [-0.2, 0) is 14.9 Å². The van der Waals surface area contributed by atoms with Crippen molar-refractivity contribution in [1.29, 1.82) is 0 Å². The molecule has 2 aromatic rings. The number of hydrogen-bond acceptors (Lipinski definition) is 6. The van der Waals surface area contributed by atoms with Crippen LogP contribution in [-0.4, -0.2) is 18.6 Å². The average molecular weight is 395 g/mol. The van der Waals surface area contributed by atoms with E-state index in [-0.39, 0.29) is 16.6 Å². The summed E-state index contributed by atoms with van der Waals surface area (Å²) in [6.07, 6.45) is 1.49. The number of para-hydroxylation sites is 1. The van der Waals surface area contributed by atoms with Crippen LogP contribution >= 0.6 is 24.0 Å². The predicted octanol–water partition coefficient (Wildman–Crippen LogP) is 3.08. The van der Waals surface area contributed by atoms with Gasteiger partial charge in [-0.1, -0.05) is 42.2 Å². The Balaban J connectivity index is 1.94. The monoisotopic (exact) mass is 395 g/mol. The molecule has 5 nitrogen and oxygen atoms in total. The Bertz CT molecular complexity index is 985. The van der Waals surface area contributed by atoms with E-state index in [0.717, 1.165) is 36.0 Å². The quantitative estimate of drug-likeness (QED) is 0.487. The van der Waals surface area contributed by atoms with Gasteiger partial charge in [-0.05, 0) is 36.4 Å². The van der Waals surface area contributed by atoms with Crippen LogP contribution in [0, 0.1) is 5.82 Å². The number of nitrogens with one attached hydrogen (secondary N) is 1. The predicted molar refractivity (Wildman–Crippen MR) is 97.0 cm³/mol. The van der Waals surface area contributed by atoms with Crippen LogP contribution in [0.15, 0.2) is 58.3 Å². The van der Waals surface area contributed by atoms with Crippen LogP contribution in [0.2, 0.25) is 0 Å². The average Bonchev–Trinajstić information content (AvgIpc) is 2.87. The van der Waals surface area contributed by atoms with Crippen LogP contribution < -0.4 is 9.50 Å². The van der Waals surface area contributed by atoms with Gasteiger partial charge in [0.2, 0.25) is 0 Å². The zero-order chi connectivity index (χ0) is 18.0. The lowest BCUT2D eigenvalue weighted by molar-refractivity contribution is -0.115. The van der Waals surface area contributed by atoms with Crippen molar-refractivity contribution in [3.63, 3.8) is 0 Å². The van der Waals surface area contributed by atoms with E-state index in [1.807, 2.05) is 0 Å². The van der Waals surface area contributed by atoms with Crippen molar-refractivity contribution in [3.8, 4) is 5.75 Å². The lowest BCUT2D eigenvalue weighted by Crippen LogP contribution is -2.17. The Hall–Kier alpha value is -2.23. The molecule has 1 amide bonds. The molecule has 25 heavy (non-hydrogen) atoms. The summed E-state index contributed by atoms with van der Waals surface area (Å²) in [6, 6.07) is 10.6. The summed E-state index contributed by atoms with van der Waals surface area (Å²) in [5, 5.41) is 2.48. The fourth-order valence-electron chi connectivity index (χ4n) is 2.01. The number of carbonyl (C=O) groups is 1. The van der Waals surface area contributed by atoms with Gasteiger partial charge in [-0.3, -0.25) is 4.79 Å². The van der Waals surface area contributed by atoms with Crippen molar-refractivity contribution >= 4 is 50.4 Å². The van der Waals surface area contributed by atoms with Crippen LogP contribution in [0.1, 0.15) is 5.56 Å². The zero-order valence-electron chi connectivity index (χ0n) is 12.4. The molecule has 0 bridgehead atoms. The van der Waals surface area contributed by atoms with E-state index >= 15 is 0 Å².